The Hall–Kier alpha value is -2.62. The van der Waals surface area contributed by atoms with Gasteiger partial charge in [-0.2, -0.15) is 0 Å². The predicted octanol–water partition coefficient (Wildman–Crippen LogP) is 4.41. The van der Waals surface area contributed by atoms with Gasteiger partial charge in [0.2, 0.25) is 5.91 Å². The van der Waals surface area contributed by atoms with Crippen molar-refractivity contribution in [3.63, 3.8) is 0 Å². The smallest absolute Gasteiger partial charge is 0.220 e. The SMILES string of the molecule is Cc1ccc(C)c(C(=O)CCC(=O)NCCc2ccc(OC(C)C)cc2)c1. The molecule has 0 aliphatic rings. The summed E-state index contributed by atoms with van der Waals surface area (Å²) in [4.78, 5) is 24.3. The highest BCUT2D eigenvalue weighted by molar-refractivity contribution is 5.99. The average molecular weight is 367 g/mol. The van der Waals surface area contributed by atoms with Crippen molar-refractivity contribution in [1.29, 1.82) is 0 Å². The Labute approximate surface area is 161 Å². The van der Waals surface area contributed by atoms with Crippen LogP contribution in [0, 0.1) is 13.8 Å². The van der Waals surface area contributed by atoms with Crippen LogP contribution in [0.25, 0.3) is 0 Å². The number of nitrogens with one attached hydrogen (secondary N) is 1. The molecular formula is C23H29NO3. The maximum atomic E-state index is 12.3. The van der Waals surface area contributed by atoms with Crippen LogP contribution in [0.4, 0.5) is 0 Å². The van der Waals surface area contributed by atoms with Crippen LogP contribution in [0.1, 0.15) is 53.7 Å². The van der Waals surface area contributed by atoms with Crippen molar-refractivity contribution < 1.29 is 14.3 Å². The summed E-state index contributed by atoms with van der Waals surface area (Å²) in [6.07, 6.45) is 1.35. The summed E-state index contributed by atoms with van der Waals surface area (Å²) in [5.41, 5.74) is 3.86. The topological polar surface area (TPSA) is 55.4 Å². The van der Waals surface area contributed by atoms with E-state index in [2.05, 4.69) is 5.32 Å². The molecule has 0 radical (unpaired) electrons. The Kier molecular flexibility index (Phi) is 7.59. The van der Waals surface area contributed by atoms with Gasteiger partial charge in [-0.05, 0) is 63.4 Å². The van der Waals surface area contributed by atoms with Crippen LogP contribution in [-0.2, 0) is 11.2 Å². The molecule has 0 aromatic heterocycles. The highest BCUT2D eigenvalue weighted by atomic mass is 16.5. The molecule has 2 aromatic carbocycles. The predicted molar refractivity (Wildman–Crippen MR) is 108 cm³/mol. The molecule has 0 spiro atoms. The standard InChI is InChI=1S/C23H29NO3/c1-16(2)27-20-9-7-19(8-10-20)13-14-24-23(26)12-11-22(25)21-15-17(3)5-6-18(21)4/h5-10,15-16H,11-14H2,1-4H3,(H,24,26). The molecule has 0 aliphatic carbocycles. The zero-order valence-electron chi connectivity index (χ0n) is 16.7. The Morgan fingerprint density at radius 3 is 2.37 bits per heavy atom. The van der Waals surface area contributed by atoms with Crippen molar-refractivity contribution in [2.24, 2.45) is 0 Å². The fourth-order valence-corrected chi connectivity index (χ4v) is 2.84. The van der Waals surface area contributed by atoms with Gasteiger partial charge in [0.05, 0.1) is 6.10 Å². The maximum absolute atomic E-state index is 12.3. The van der Waals surface area contributed by atoms with Crippen molar-refractivity contribution in [3.8, 4) is 5.75 Å². The number of benzene rings is 2. The van der Waals surface area contributed by atoms with Crippen molar-refractivity contribution in [2.75, 3.05) is 6.54 Å². The monoisotopic (exact) mass is 367 g/mol. The highest BCUT2D eigenvalue weighted by Crippen LogP contribution is 2.15. The first-order valence-electron chi connectivity index (χ1n) is 9.48. The Balaban J connectivity index is 1.73. The fourth-order valence-electron chi connectivity index (χ4n) is 2.84. The molecule has 0 heterocycles. The van der Waals surface area contributed by atoms with E-state index in [4.69, 9.17) is 4.74 Å². The summed E-state index contributed by atoms with van der Waals surface area (Å²) >= 11 is 0. The molecule has 4 heteroatoms. The van der Waals surface area contributed by atoms with Gasteiger partial charge in [-0.15, -0.1) is 0 Å². The van der Waals surface area contributed by atoms with E-state index in [1.54, 1.807) is 0 Å². The van der Waals surface area contributed by atoms with E-state index in [0.29, 0.717) is 12.1 Å². The Bertz CT molecular complexity index is 779. The van der Waals surface area contributed by atoms with Crippen molar-refractivity contribution in [2.45, 2.75) is 53.1 Å². The molecule has 27 heavy (non-hydrogen) atoms. The molecule has 2 rings (SSSR count). The molecule has 0 unspecified atom stereocenters. The number of Topliss-reactive ketones (excluding diaryl/α,β-unsaturated/α-hetero) is 1. The summed E-state index contributed by atoms with van der Waals surface area (Å²) in [5.74, 6) is 0.781. The van der Waals surface area contributed by atoms with Gasteiger partial charge in [-0.1, -0.05) is 29.8 Å². The summed E-state index contributed by atoms with van der Waals surface area (Å²) in [5, 5.41) is 2.89. The van der Waals surface area contributed by atoms with E-state index in [-0.39, 0.29) is 30.6 Å². The minimum absolute atomic E-state index is 0.0205. The second kappa shape index (κ2) is 9.91. The molecule has 0 aliphatic heterocycles. The number of amides is 1. The van der Waals surface area contributed by atoms with E-state index >= 15 is 0 Å². The zero-order valence-corrected chi connectivity index (χ0v) is 16.7. The summed E-state index contributed by atoms with van der Waals surface area (Å²) < 4.78 is 5.62. The normalized spacial score (nSPS) is 10.7. The van der Waals surface area contributed by atoms with Crippen LogP contribution in [0.15, 0.2) is 42.5 Å². The number of rotatable bonds is 9. The largest absolute Gasteiger partial charge is 0.491 e. The number of carbonyl (C=O) groups excluding carboxylic acids is 2. The minimum Gasteiger partial charge on any atom is -0.491 e. The molecular weight excluding hydrogens is 338 g/mol. The first kappa shape index (κ1) is 20.7. The molecule has 144 valence electrons. The van der Waals surface area contributed by atoms with Gasteiger partial charge in [0.15, 0.2) is 5.78 Å². The number of ether oxygens (including phenoxy) is 1. The molecule has 0 bridgehead atoms. The van der Waals surface area contributed by atoms with Crippen molar-refractivity contribution >= 4 is 11.7 Å². The highest BCUT2D eigenvalue weighted by Gasteiger charge is 2.11. The first-order chi connectivity index (χ1) is 12.8. The average Bonchev–Trinajstić information content (AvgIpc) is 2.62. The molecule has 0 atom stereocenters. The molecule has 0 fully saturated rings. The lowest BCUT2D eigenvalue weighted by Crippen LogP contribution is -2.26. The van der Waals surface area contributed by atoms with Crippen LogP contribution in [0.5, 0.6) is 5.75 Å². The second-order valence-corrected chi connectivity index (χ2v) is 7.15. The first-order valence-corrected chi connectivity index (χ1v) is 9.48. The lowest BCUT2D eigenvalue weighted by molar-refractivity contribution is -0.121. The van der Waals surface area contributed by atoms with Gasteiger partial charge in [-0.3, -0.25) is 9.59 Å². The Morgan fingerprint density at radius 1 is 1.00 bits per heavy atom. The fraction of sp³-hybridized carbons (Fsp3) is 0.391. The van der Waals surface area contributed by atoms with E-state index < -0.39 is 0 Å². The third-order valence-corrected chi connectivity index (χ3v) is 4.30. The lowest BCUT2D eigenvalue weighted by Gasteiger charge is -2.10. The number of hydrogen-bond donors (Lipinski definition) is 1. The van der Waals surface area contributed by atoms with E-state index in [1.807, 2.05) is 70.2 Å². The van der Waals surface area contributed by atoms with Crippen LogP contribution >= 0.6 is 0 Å². The molecule has 4 nitrogen and oxygen atoms in total. The Morgan fingerprint density at radius 2 is 1.70 bits per heavy atom. The van der Waals surface area contributed by atoms with Gasteiger partial charge >= 0.3 is 0 Å². The van der Waals surface area contributed by atoms with Gasteiger partial charge in [0, 0.05) is 24.9 Å². The third-order valence-electron chi connectivity index (χ3n) is 4.30. The number of carbonyl (C=O) groups is 2. The van der Waals surface area contributed by atoms with Crippen LogP contribution in [-0.4, -0.2) is 24.3 Å². The van der Waals surface area contributed by atoms with Gasteiger partial charge in [0.1, 0.15) is 5.75 Å². The number of ketones is 1. The van der Waals surface area contributed by atoms with E-state index in [1.165, 1.54) is 0 Å². The molecule has 0 saturated heterocycles. The van der Waals surface area contributed by atoms with E-state index in [0.717, 1.165) is 28.9 Å². The summed E-state index contributed by atoms with van der Waals surface area (Å²) in [6, 6.07) is 13.7. The number of hydrogen-bond acceptors (Lipinski definition) is 3. The lowest BCUT2D eigenvalue weighted by atomic mass is 9.99. The van der Waals surface area contributed by atoms with Crippen LogP contribution < -0.4 is 10.1 Å². The quantitative estimate of drug-likeness (QED) is 0.668. The zero-order chi connectivity index (χ0) is 19.8. The van der Waals surface area contributed by atoms with Gasteiger partial charge < -0.3 is 10.1 Å². The van der Waals surface area contributed by atoms with E-state index in [9.17, 15) is 9.59 Å². The molecule has 1 N–H and O–H groups in total. The van der Waals surface area contributed by atoms with Crippen LogP contribution in [0.2, 0.25) is 0 Å². The van der Waals surface area contributed by atoms with Crippen LogP contribution in [0.3, 0.4) is 0 Å². The third kappa shape index (κ3) is 6.89. The molecule has 1 amide bonds. The second-order valence-electron chi connectivity index (χ2n) is 7.15. The van der Waals surface area contributed by atoms with Crippen molar-refractivity contribution in [1.82, 2.24) is 5.32 Å². The number of aryl methyl sites for hydroxylation is 2. The summed E-state index contributed by atoms with van der Waals surface area (Å²) in [7, 11) is 0. The minimum atomic E-state index is -0.0894. The van der Waals surface area contributed by atoms with Gasteiger partial charge in [-0.25, -0.2) is 0 Å². The van der Waals surface area contributed by atoms with Gasteiger partial charge in [0.25, 0.3) is 0 Å². The summed E-state index contributed by atoms with van der Waals surface area (Å²) in [6.45, 7) is 8.43. The molecule has 0 saturated carbocycles. The maximum Gasteiger partial charge on any atom is 0.220 e. The van der Waals surface area contributed by atoms with Crippen molar-refractivity contribution in [3.05, 3.63) is 64.7 Å². The molecule has 2 aromatic rings.